The molecule has 3 rings (SSSR count). The van der Waals surface area contributed by atoms with E-state index >= 15 is 0 Å². The van der Waals surface area contributed by atoms with Crippen LogP contribution in [0.3, 0.4) is 0 Å². The van der Waals surface area contributed by atoms with Crippen LogP contribution >= 0.6 is 0 Å². The first-order chi connectivity index (χ1) is 12.4. The van der Waals surface area contributed by atoms with Gasteiger partial charge in [0, 0.05) is 18.2 Å². The summed E-state index contributed by atoms with van der Waals surface area (Å²) >= 11 is 0. The fraction of sp³-hybridized carbons (Fsp3) is 0.278. The number of hydrogen-bond donors (Lipinski definition) is 0. The lowest BCUT2D eigenvalue weighted by molar-refractivity contribution is 0.148. The number of ether oxygens (including phenoxy) is 1. The van der Waals surface area contributed by atoms with Gasteiger partial charge in [-0.1, -0.05) is 24.3 Å². The molecule has 1 aromatic heterocycles. The molecule has 26 heavy (non-hydrogen) atoms. The quantitative estimate of drug-likeness (QED) is 0.701. The molecule has 0 unspecified atom stereocenters. The van der Waals surface area contributed by atoms with Gasteiger partial charge in [0.25, 0.3) is 6.43 Å². The van der Waals surface area contributed by atoms with Crippen LogP contribution in [0.25, 0.3) is 5.69 Å². The highest BCUT2D eigenvalue weighted by Gasteiger charge is 2.20. The van der Waals surface area contributed by atoms with E-state index in [1.54, 1.807) is 6.07 Å². The summed E-state index contributed by atoms with van der Waals surface area (Å²) in [5, 5.41) is 7.39. The number of rotatable bonds is 5. The predicted molar refractivity (Wildman–Crippen MR) is 91.8 cm³/mol. The van der Waals surface area contributed by atoms with Crippen LogP contribution in [0.1, 0.15) is 28.7 Å². The zero-order chi connectivity index (χ0) is 18.8. The van der Waals surface area contributed by atoms with Gasteiger partial charge < -0.3 is 4.74 Å². The van der Waals surface area contributed by atoms with Crippen molar-refractivity contribution in [2.24, 2.45) is 7.05 Å². The lowest BCUT2D eigenvalue weighted by atomic mass is 10.1. The number of nitrogens with zero attached hydrogens (tertiary/aromatic N) is 4. The van der Waals surface area contributed by atoms with Crippen LogP contribution in [-0.4, -0.2) is 19.8 Å². The van der Waals surface area contributed by atoms with Crippen LogP contribution < -0.4 is 10.4 Å². The SMILES string of the molecule is Cc1ccc(C)c(OCc2c(C(F)F)cccc2-n2nnn(C)c2=O)c1. The van der Waals surface area contributed by atoms with Gasteiger partial charge >= 0.3 is 5.69 Å². The van der Waals surface area contributed by atoms with E-state index in [9.17, 15) is 13.6 Å². The largest absolute Gasteiger partial charge is 0.489 e. The lowest BCUT2D eigenvalue weighted by Gasteiger charge is -2.16. The third-order valence-electron chi connectivity index (χ3n) is 4.09. The molecular formula is C18H18F2N4O2. The fourth-order valence-corrected chi connectivity index (χ4v) is 2.63. The predicted octanol–water partition coefficient (Wildman–Crippen LogP) is 3.10. The van der Waals surface area contributed by atoms with Crippen molar-refractivity contribution in [3.63, 3.8) is 0 Å². The Balaban J connectivity index is 2.05. The first kappa shape index (κ1) is 17.8. The van der Waals surface area contributed by atoms with Crippen molar-refractivity contribution in [1.82, 2.24) is 19.8 Å². The van der Waals surface area contributed by atoms with E-state index in [0.717, 1.165) is 20.5 Å². The van der Waals surface area contributed by atoms with Crippen LogP contribution in [0.5, 0.6) is 5.75 Å². The average Bonchev–Trinajstić information content (AvgIpc) is 2.94. The Bertz CT molecular complexity index is 995. The molecule has 0 saturated heterocycles. The topological polar surface area (TPSA) is 61.9 Å². The number of aromatic nitrogens is 4. The Labute approximate surface area is 148 Å². The highest BCUT2D eigenvalue weighted by atomic mass is 19.3. The molecule has 0 spiro atoms. The van der Waals surface area contributed by atoms with Gasteiger partial charge in [-0.05, 0) is 47.5 Å². The fourth-order valence-electron chi connectivity index (χ4n) is 2.63. The molecule has 2 aromatic carbocycles. The minimum absolute atomic E-state index is 0.122. The molecule has 6 nitrogen and oxygen atoms in total. The highest BCUT2D eigenvalue weighted by molar-refractivity contribution is 5.46. The van der Waals surface area contributed by atoms with Gasteiger partial charge in [-0.15, -0.1) is 0 Å². The summed E-state index contributed by atoms with van der Waals surface area (Å²) in [6, 6.07) is 10.0. The molecule has 0 aliphatic heterocycles. The van der Waals surface area contributed by atoms with E-state index < -0.39 is 12.1 Å². The molecular weight excluding hydrogens is 342 g/mol. The molecule has 0 fully saturated rings. The van der Waals surface area contributed by atoms with Gasteiger partial charge in [-0.2, -0.15) is 9.36 Å². The number of aryl methyl sites for hydroxylation is 3. The number of hydrogen-bond acceptors (Lipinski definition) is 4. The summed E-state index contributed by atoms with van der Waals surface area (Å²) in [5.41, 5.74) is 1.59. The van der Waals surface area contributed by atoms with Gasteiger partial charge in [0.2, 0.25) is 0 Å². The minimum atomic E-state index is -2.71. The molecule has 0 atom stereocenters. The van der Waals surface area contributed by atoms with Crippen molar-refractivity contribution in [3.05, 3.63) is 69.1 Å². The minimum Gasteiger partial charge on any atom is -0.489 e. The van der Waals surface area contributed by atoms with Gasteiger partial charge in [0.05, 0.1) is 5.69 Å². The molecule has 0 aliphatic rings. The Hall–Kier alpha value is -3.03. The Morgan fingerprint density at radius 2 is 1.92 bits per heavy atom. The van der Waals surface area contributed by atoms with Crippen LogP contribution in [0, 0.1) is 13.8 Å². The second-order valence-corrected chi connectivity index (χ2v) is 6.00. The van der Waals surface area contributed by atoms with Crippen molar-refractivity contribution in [3.8, 4) is 11.4 Å². The lowest BCUT2D eigenvalue weighted by Crippen LogP contribution is -2.23. The van der Waals surface area contributed by atoms with E-state index in [4.69, 9.17) is 4.74 Å². The molecule has 0 radical (unpaired) electrons. The molecule has 0 saturated carbocycles. The molecule has 8 heteroatoms. The summed E-state index contributed by atoms with van der Waals surface area (Å²) in [5.74, 6) is 0.603. The molecule has 0 aliphatic carbocycles. The molecule has 0 amide bonds. The summed E-state index contributed by atoms with van der Waals surface area (Å²) in [7, 11) is 1.44. The molecule has 0 N–H and O–H groups in total. The van der Waals surface area contributed by atoms with Crippen LogP contribution in [0.4, 0.5) is 8.78 Å². The zero-order valence-corrected chi connectivity index (χ0v) is 14.6. The van der Waals surface area contributed by atoms with E-state index in [-0.39, 0.29) is 23.4 Å². The summed E-state index contributed by atoms with van der Waals surface area (Å²) in [6.07, 6.45) is -2.71. The second-order valence-electron chi connectivity index (χ2n) is 6.00. The van der Waals surface area contributed by atoms with Crippen molar-refractivity contribution in [2.45, 2.75) is 26.9 Å². The first-order valence-corrected chi connectivity index (χ1v) is 7.98. The Morgan fingerprint density at radius 3 is 2.58 bits per heavy atom. The van der Waals surface area contributed by atoms with E-state index in [0.29, 0.717) is 5.75 Å². The van der Waals surface area contributed by atoms with Crippen molar-refractivity contribution >= 4 is 0 Å². The smallest absolute Gasteiger partial charge is 0.368 e. The standard InChI is InChI=1S/C18H18F2N4O2/c1-11-7-8-12(2)16(9-11)26-10-14-13(17(19)20)5-4-6-15(14)24-18(25)23(3)21-22-24/h4-9,17H,10H2,1-3H3. The number of halogens is 2. The van der Waals surface area contributed by atoms with Gasteiger partial charge in [-0.25, -0.2) is 13.6 Å². The number of benzene rings is 2. The van der Waals surface area contributed by atoms with E-state index in [2.05, 4.69) is 10.4 Å². The molecule has 0 bridgehead atoms. The van der Waals surface area contributed by atoms with Crippen molar-refractivity contribution < 1.29 is 13.5 Å². The van der Waals surface area contributed by atoms with Crippen molar-refractivity contribution in [1.29, 1.82) is 0 Å². The van der Waals surface area contributed by atoms with Gasteiger partial charge in [0.1, 0.15) is 12.4 Å². The highest BCUT2D eigenvalue weighted by Crippen LogP contribution is 2.29. The average molecular weight is 360 g/mol. The van der Waals surface area contributed by atoms with E-state index in [1.807, 2.05) is 32.0 Å². The van der Waals surface area contributed by atoms with Crippen LogP contribution in [0.2, 0.25) is 0 Å². The van der Waals surface area contributed by atoms with Crippen LogP contribution in [-0.2, 0) is 13.7 Å². The monoisotopic (exact) mass is 360 g/mol. The first-order valence-electron chi connectivity index (χ1n) is 7.98. The van der Waals surface area contributed by atoms with Gasteiger partial charge in [0.15, 0.2) is 0 Å². The number of alkyl halides is 2. The van der Waals surface area contributed by atoms with E-state index in [1.165, 1.54) is 19.2 Å². The maximum Gasteiger partial charge on any atom is 0.368 e. The molecule has 136 valence electrons. The maximum atomic E-state index is 13.5. The maximum absolute atomic E-state index is 13.5. The Kier molecular flexibility index (Phi) is 4.83. The summed E-state index contributed by atoms with van der Waals surface area (Å²) in [6.45, 7) is 3.68. The Morgan fingerprint density at radius 1 is 1.15 bits per heavy atom. The molecule has 3 aromatic rings. The summed E-state index contributed by atoms with van der Waals surface area (Å²) < 4.78 is 34.9. The third-order valence-corrected chi connectivity index (χ3v) is 4.09. The normalized spacial score (nSPS) is 11.2. The molecule has 1 heterocycles. The zero-order valence-electron chi connectivity index (χ0n) is 14.6. The second kappa shape index (κ2) is 7.07. The van der Waals surface area contributed by atoms with Crippen LogP contribution in [0.15, 0.2) is 41.2 Å². The number of tetrazole rings is 1. The van der Waals surface area contributed by atoms with Crippen molar-refractivity contribution in [2.75, 3.05) is 0 Å². The summed E-state index contributed by atoms with van der Waals surface area (Å²) in [4.78, 5) is 12.1. The third kappa shape index (κ3) is 3.35. The van der Waals surface area contributed by atoms with Gasteiger partial charge in [-0.3, -0.25) is 0 Å².